The lowest BCUT2D eigenvalue weighted by atomic mass is 9.98. The van der Waals surface area contributed by atoms with Gasteiger partial charge in [-0.2, -0.15) is 0 Å². The Balaban J connectivity index is 1.31. The van der Waals surface area contributed by atoms with Gasteiger partial charge in [0, 0.05) is 18.9 Å². The minimum Gasteiger partial charge on any atom is -0.449 e. The summed E-state index contributed by atoms with van der Waals surface area (Å²) in [6.45, 7) is 7.83. The zero-order chi connectivity index (χ0) is 33.4. The fourth-order valence-electron chi connectivity index (χ4n) is 6.01. The molecule has 0 fully saturated rings. The molecule has 4 aromatic carbocycles. The van der Waals surface area contributed by atoms with Gasteiger partial charge >= 0.3 is 6.09 Å². The minimum atomic E-state index is -1.02. The third-order valence-corrected chi connectivity index (χ3v) is 8.13. The van der Waals surface area contributed by atoms with Crippen LogP contribution in [0.25, 0.3) is 11.1 Å². The highest BCUT2D eigenvalue weighted by atomic mass is 16.5. The molecule has 0 saturated heterocycles. The fourth-order valence-corrected chi connectivity index (χ4v) is 6.01. The highest BCUT2D eigenvalue weighted by Gasteiger charge is 2.34. The summed E-state index contributed by atoms with van der Waals surface area (Å²) in [5.41, 5.74) is 5.65. The van der Waals surface area contributed by atoms with Crippen molar-refractivity contribution < 1.29 is 23.9 Å². The maximum Gasteiger partial charge on any atom is 0.407 e. The molecule has 3 atom stereocenters. The number of fused-ring (bicyclic) bond motifs is 3. The van der Waals surface area contributed by atoms with Crippen molar-refractivity contribution >= 4 is 17.9 Å². The van der Waals surface area contributed by atoms with E-state index in [1.807, 2.05) is 106 Å². The fraction of sp³-hybridized carbons (Fsp3) is 0.308. The van der Waals surface area contributed by atoms with Crippen LogP contribution in [0.4, 0.5) is 4.79 Å². The molecule has 8 heteroatoms. The molecule has 4 aromatic rings. The van der Waals surface area contributed by atoms with E-state index in [0.29, 0.717) is 6.54 Å². The Labute approximate surface area is 276 Å². The first-order valence-electron chi connectivity index (χ1n) is 16.0. The smallest absolute Gasteiger partial charge is 0.407 e. The third kappa shape index (κ3) is 8.86. The van der Waals surface area contributed by atoms with Crippen LogP contribution in [0.1, 0.15) is 55.9 Å². The zero-order valence-electron chi connectivity index (χ0n) is 27.4. The largest absolute Gasteiger partial charge is 0.449 e. The lowest BCUT2D eigenvalue weighted by molar-refractivity contribution is -0.137. The van der Waals surface area contributed by atoms with Crippen LogP contribution in [0.2, 0.25) is 0 Å². The molecule has 0 saturated carbocycles. The zero-order valence-corrected chi connectivity index (χ0v) is 27.4. The number of carbonyl (C=O) groups excluding carboxylic acids is 3. The molecule has 0 bridgehead atoms. The van der Waals surface area contributed by atoms with E-state index in [2.05, 4.69) is 40.2 Å². The summed E-state index contributed by atoms with van der Waals surface area (Å²) in [6, 6.07) is 33.1. The Morgan fingerprint density at radius 1 is 0.702 bits per heavy atom. The van der Waals surface area contributed by atoms with Gasteiger partial charge in [-0.05, 0) is 61.1 Å². The molecule has 3 N–H and O–H groups in total. The summed E-state index contributed by atoms with van der Waals surface area (Å²) in [5, 5.41) is 8.58. The summed E-state index contributed by atoms with van der Waals surface area (Å²) < 4.78 is 11.9. The Morgan fingerprint density at radius 3 is 1.81 bits per heavy atom. The molecule has 0 aliphatic heterocycles. The van der Waals surface area contributed by atoms with Gasteiger partial charge in [0.15, 0.2) is 0 Å². The van der Waals surface area contributed by atoms with Crippen molar-refractivity contribution in [3.05, 3.63) is 131 Å². The molecule has 0 unspecified atom stereocenters. The number of amides is 3. The first-order valence-corrected chi connectivity index (χ1v) is 16.0. The number of benzene rings is 4. The second-order valence-corrected chi connectivity index (χ2v) is 12.8. The second kappa shape index (κ2) is 15.1. The monoisotopic (exact) mass is 633 g/mol. The average molecular weight is 634 g/mol. The van der Waals surface area contributed by atoms with E-state index in [4.69, 9.17) is 9.47 Å². The van der Waals surface area contributed by atoms with Crippen molar-refractivity contribution in [3.63, 3.8) is 0 Å². The summed E-state index contributed by atoms with van der Waals surface area (Å²) in [7, 11) is 0. The Bertz CT molecular complexity index is 1620. The van der Waals surface area contributed by atoms with Gasteiger partial charge in [0.25, 0.3) is 0 Å². The van der Waals surface area contributed by atoms with E-state index in [9.17, 15) is 14.4 Å². The normalized spacial score (nSPS) is 14.2. The molecule has 0 aromatic heterocycles. The Morgan fingerprint density at radius 2 is 1.23 bits per heavy atom. The molecule has 0 heterocycles. The SMILES string of the molecule is C[C@@H](OC(C)(C)C)[C@H](NC(=O)[C@H](Cc1ccccc1)NC(=O)OCC1c2ccccc2-c2ccccc21)C(=O)NCc1ccccc1. The van der Waals surface area contributed by atoms with Crippen molar-refractivity contribution in [2.24, 2.45) is 0 Å². The number of alkyl carbamates (subject to hydrolysis) is 1. The first-order chi connectivity index (χ1) is 22.6. The van der Waals surface area contributed by atoms with Gasteiger partial charge in [0.1, 0.15) is 18.7 Å². The van der Waals surface area contributed by atoms with Gasteiger partial charge in [-0.25, -0.2) is 4.79 Å². The quantitative estimate of drug-likeness (QED) is 0.174. The number of nitrogens with one attached hydrogen (secondary N) is 3. The van der Waals surface area contributed by atoms with Gasteiger partial charge in [0.2, 0.25) is 11.8 Å². The molecular formula is C39H43N3O5. The number of ether oxygens (including phenoxy) is 2. The number of rotatable bonds is 12. The lowest BCUT2D eigenvalue weighted by Crippen LogP contribution is -2.58. The highest BCUT2D eigenvalue weighted by Crippen LogP contribution is 2.44. The molecule has 0 radical (unpaired) electrons. The highest BCUT2D eigenvalue weighted by molar-refractivity contribution is 5.92. The van der Waals surface area contributed by atoms with Gasteiger partial charge < -0.3 is 25.4 Å². The van der Waals surface area contributed by atoms with Gasteiger partial charge in [-0.1, -0.05) is 109 Å². The minimum absolute atomic E-state index is 0.112. The number of hydrogen-bond donors (Lipinski definition) is 3. The Hall–Kier alpha value is -4.95. The number of hydrogen-bond acceptors (Lipinski definition) is 5. The maximum atomic E-state index is 13.9. The average Bonchev–Trinajstić information content (AvgIpc) is 3.38. The van der Waals surface area contributed by atoms with Crippen LogP contribution in [-0.4, -0.2) is 48.3 Å². The molecule has 244 valence electrons. The van der Waals surface area contributed by atoms with Crippen LogP contribution in [0.3, 0.4) is 0 Å². The first kappa shape index (κ1) is 33.4. The molecule has 1 aliphatic carbocycles. The second-order valence-electron chi connectivity index (χ2n) is 12.8. The van der Waals surface area contributed by atoms with E-state index >= 15 is 0 Å². The predicted octanol–water partition coefficient (Wildman–Crippen LogP) is 6.14. The third-order valence-electron chi connectivity index (χ3n) is 8.13. The van der Waals surface area contributed by atoms with E-state index in [1.165, 1.54) is 0 Å². The van der Waals surface area contributed by atoms with E-state index in [1.54, 1.807) is 6.92 Å². The van der Waals surface area contributed by atoms with E-state index in [0.717, 1.165) is 33.4 Å². The van der Waals surface area contributed by atoms with Crippen LogP contribution in [0, 0.1) is 0 Å². The molecule has 47 heavy (non-hydrogen) atoms. The van der Waals surface area contributed by atoms with E-state index < -0.39 is 41.7 Å². The summed E-state index contributed by atoms with van der Waals surface area (Å²) in [5.74, 6) is -1.03. The van der Waals surface area contributed by atoms with Crippen LogP contribution in [-0.2, 0) is 32.0 Å². The van der Waals surface area contributed by atoms with Crippen molar-refractivity contribution in [1.29, 1.82) is 0 Å². The summed E-state index contributed by atoms with van der Waals surface area (Å²) in [4.78, 5) is 40.7. The molecule has 5 rings (SSSR count). The topological polar surface area (TPSA) is 106 Å². The molecule has 8 nitrogen and oxygen atoms in total. The maximum absolute atomic E-state index is 13.9. The van der Waals surface area contributed by atoms with Crippen LogP contribution in [0.5, 0.6) is 0 Å². The van der Waals surface area contributed by atoms with Gasteiger partial charge in [-0.3, -0.25) is 9.59 Å². The van der Waals surface area contributed by atoms with E-state index in [-0.39, 0.29) is 18.9 Å². The van der Waals surface area contributed by atoms with Crippen LogP contribution < -0.4 is 16.0 Å². The lowest BCUT2D eigenvalue weighted by Gasteiger charge is -2.31. The summed E-state index contributed by atoms with van der Waals surface area (Å²) >= 11 is 0. The van der Waals surface area contributed by atoms with Crippen molar-refractivity contribution in [3.8, 4) is 11.1 Å². The molecule has 3 amide bonds. The van der Waals surface area contributed by atoms with Crippen molar-refractivity contribution in [2.45, 2.75) is 70.4 Å². The predicted molar refractivity (Wildman–Crippen MR) is 183 cm³/mol. The van der Waals surface area contributed by atoms with Crippen molar-refractivity contribution in [2.75, 3.05) is 6.61 Å². The van der Waals surface area contributed by atoms with Gasteiger partial charge in [-0.15, -0.1) is 0 Å². The molecular weight excluding hydrogens is 590 g/mol. The molecule has 0 spiro atoms. The summed E-state index contributed by atoms with van der Waals surface area (Å²) in [6.07, 6.45) is -1.18. The van der Waals surface area contributed by atoms with Crippen molar-refractivity contribution in [1.82, 2.24) is 16.0 Å². The standard InChI is InChI=1S/C39H43N3O5/c1-26(47-39(2,3)4)35(37(44)40-24-28-17-9-6-10-18-28)42-36(43)34(23-27-15-7-5-8-16-27)41-38(45)46-25-33-31-21-13-11-19-29(31)30-20-12-14-22-32(30)33/h5-22,26,33-35H,23-25H2,1-4H3,(H,40,44)(H,41,45)(H,42,43)/t26-,34+,35+/m1/s1. The van der Waals surface area contributed by atoms with Crippen LogP contribution >= 0.6 is 0 Å². The van der Waals surface area contributed by atoms with Gasteiger partial charge in [0.05, 0.1) is 11.7 Å². The Kier molecular flexibility index (Phi) is 10.7. The molecule has 1 aliphatic rings. The van der Waals surface area contributed by atoms with Crippen LogP contribution in [0.15, 0.2) is 109 Å². The number of carbonyl (C=O) groups is 3.